The van der Waals surface area contributed by atoms with Gasteiger partial charge in [-0.25, -0.2) is 0 Å². The molecule has 0 aromatic carbocycles. The first kappa shape index (κ1) is 17.0. The maximum atomic E-state index is 11.5. The van der Waals surface area contributed by atoms with Gasteiger partial charge in [0.05, 0.1) is 18.8 Å². The van der Waals surface area contributed by atoms with E-state index >= 15 is 0 Å². The van der Waals surface area contributed by atoms with Crippen LogP contribution < -0.4 is 5.32 Å². The molecule has 2 aromatic rings. The van der Waals surface area contributed by atoms with Crippen molar-refractivity contribution < 1.29 is 14.3 Å². The standard InChI is InChI=1S/C18H20N4O3/c1-12(23)22-7-8-25-17(11-22)15-5-3-13(9-20-15)14-4-6-16(21-10-14)18(24)19-2/h3-6,9-10,17H,7-8,11H2,1-2H3,(H,19,24). The van der Waals surface area contributed by atoms with Gasteiger partial charge in [0.15, 0.2) is 0 Å². The van der Waals surface area contributed by atoms with Crippen LogP contribution in [-0.2, 0) is 9.53 Å². The summed E-state index contributed by atoms with van der Waals surface area (Å²) in [6, 6.07) is 7.35. The molecule has 1 aliphatic heterocycles. The molecule has 1 fully saturated rings. The number of carbonyl (C=O) groups is 2. The van der Waals surface area contributed by atoms with Gasteiger partial charge in [-0.05, 0) is 12.1 Å². The Bertz CT molecular complexity index is 759. The second-order valence-electron chi connectivity index (χ2n) is 5.81. The van der Waals surface area contributed by atoms with Crippen molar-refractivity contribution in [2.45, 2.75) is 13.0 Å². The summed E-state index contributed by atoms with van der Waals surface area (Å²) in [5.74, 6) is -0.170. The molecule has 0 aliphatic carbocycles. The van der Waals surface area contributed by atoms with E-state index in [0.717, 1.165) is 16.8 Å². The van der Waals surface area contributed by atoms with Crippen LogP contribution in [-0.4, -0.2) is 53.4 Å². The van der Waals surface area contributed by atoms with E-state index in [1.54, 1.807) is 37.3 Å². The fourth-order valence-electron chi connectivity index (χ4n) is 2.71. The first-order valence-electron chi connectivity index (χ1n) is 8.10. The lowest BCUT2D eigenvalue weighted by molar-refractivity contribution is -0.136. The number of morpholine rings is 1. The van der Waals surface area contributed by atoms with Crippen LogP contribution in [0, 0.1) is 0 Å². The highest BCUT2D eigenvalue weighted by atomic mass is 16.5. The van der Waals surface area contributed by atoms with E-state index in [9.17, 15) is 9.59 Å². The molecular weight excluding hydrogens is 320 g/mol. The summed E-state index contributed by atoms with van der Waals surface area (Å²) in [5.41, 5.74) is 2.95. The number of hydrogen-bond acceptors (Lipinski definition) is 5. The molecule has 3 heterocycles. The zero-order chi connectivity index (χ0) is 17.8. The Morgan fingerprint density at radius 2 is 1.88 bits per heavy atom. The molecule has 1 atom stereocenters. The summed E-state index contributed by atoms with van der Waals surface area (Å²) < 4.78 is 5.73. The molecule has 0 spiro atoms. The van der Waals surface area contributed by atoms with Crippen LogP contribution in [0.1, 0.15) is 29.2 Å². The zero-order valence-corrected chi connectivity index (χ0v) is 14.2. The van der Waals surface area contributed by atoms with Crippen molar-refractivity contribution in [3.63, 3.8) is 0 Å². The monoisotopic (exact) mass is 340 g/mol. The van der Waals surface area contributed by atoms with Crippen LogP contribution in [0.3, 0.4) is 0 Å². The van der Waals surface area contributed by atoms with Crippen molar-refractivity contribution in [1.29, 1.82) is 0 Å². The number of aromatic nitrogens is 2. The van der Waals surface area contributed by atoms with Gasteiger partial charge in [0.25, 0.3) is 5.91 Å². The Labute approximate surface area is 146 Å². The van der Waals surface area contributed by atoms with Crippen molar-refractivity contribution in [1.82, 2.24) is 20.2 Å². The van der Waals surface area contributed by atoms with E-state index in [4.69, 9.17) is 4.74 Å². The third kappa shape index (κ3) is 3.83. The quantitative estimate of drug-likeness (QED) is 0.913. The van der Waals surface area contributed by atoms with Gasteiger partial charge in [-0.15, -0.1) is 0 Å². The molecule has 1 N–H and O–H groups in total. The summed E-state index contributed by atoms with van der Waals surface area (Å²) in [6.07, 6.45) is 3.19. The maximum Gasteiger partial charge on any atom is 0.269 e. The Morgan fingerprint density at radius 3 is 2.44 bits per heavy atom. The molecule has 2 amide bonds. The summed E-state index contributed by atoms with van der Waals surface area (Å²) >= 11 is 0. The fraction of sp³-hybridized carbons (Fsp3) is 0.333. The largest absolute Gasteiger partial charge is 0.368 e. The topological polar surface area (TPSA) is 84.4 Å². The van der Waals surface area contributed by atoms with Crippen LogP contribution in [0.4, 0.5) is 0 Å². The smallest absolute Gasteiger partial charge is 0.269 e. The molecule has 0 radical (unpaired) electrons. The van der Waals surface area contributed by atoms with Crippen molar-refractivity contribution in [2.24, 2.45) is 0 Å². The van der Waals surface area contributed by atoms with E-state index < -0.39 is 0 Å². The number of amides is 2. The predicted molar refractivity (Wildman–Crippen MR) is 91.8 cm³/mol. The van der Waals surface area contributed by atoms with E-state index in [-0.39, 0.29) is 17.9 Å². The summed E-state index contributed by atoms with van der Waals surface area (Å²) in [4.78, 5) is 33.5. The highest BCUT2D eigenvalue weighted by Gasteiger charge is 2.24. The van der Waals surface area contributed by atoms with Crippen molar-refractivity contribution >= 4 is 11.8 Å². The highest BCUT2D eigenvalue weighted by Crippen LogP contribution is 2.23. The van der Waals surface area contributed by atoms with E-state index in [0.29, 0.717) is 25.4 Å². The number of rotatable bonds is 3. The lowest BCUT2D eigenvalue weighted by Gasteiger charge is -2.31. The maximum absolute atomic E-state index is 11.5. The van der Waals surface area contributed by atoms with Crippen LogP contribution in [0.2, 0.25) is 0 Å². The van der Waals surface area contributed by atoms with Crippen molar-refractivity contribution in [3.05, 3.63) is 48.0 Å². The van der Waals surface area contributed by atoms with Crippen LogP contribution in [0.15, 0.2) is 36.7 Å². The molecule has 3 rings (SSSR count). The zero-order valence-electron chi connectivity index (χ0n) is 14.2. The first-order valence-corrected chi connectivity index (χ1v) is 8.10. The Hall–Kier alpha value is -2.80. The molecule has 25 heavy (non-hydrogen) atoms. The predicted octanol–water partition coefficient (Wildman–Crippen LogP) is 1.42. The minimum Gasteiger partial charge on any atom is -0.368 e. The average molecular weight is 340 g/mol. The average Bonchev–Trinajstić information content (AvgIpc) is 2.67. The SMILES string of the molecule is CNC(=O)c1ccc(-c2ccc(C3CN(C(C)=O)CCO3)nc2)cn1. The molecule has 1 saturated heterocycles. The number of nitrogens with one attached hydrogen (secondary N) is 1. The van der Waals surface area contributed by atoms with Crippen LogP contribution in [0.5, 0.6) is 0 Å². The number of carbonyl (C=O) groups excluding carboxylic acids is 2. The second kappa shape index (κ2) is 7.40. The minimum atomic E-state index is -0.218. The van der Waals surface area contributed by atoms with Gasteiger partial charge in [-0.3, -0.25) is 19.6 Å². The second-order valence-corrected chi connectivity index (χ2v) is 5.81. The molecule has 7 nitrogen and oxygen atoms in total. The first-order chi connectivity index (χ1) is 12.1. The third-order valence-corrected chi connectivity index (χ3v) is 4.18. The third-order valence-electron chi connectivity index (χ3n) is 4.18. The fourth-order valence-corrected chi connectivity index (χ4v) is 2.71. The Morgan fingerprint density at radius 1 is 1.16 bits per heavy atom. The summed E-state index contributed by atoms with van der Waals surface area (Å²) in [5, 5.41) is 2.54. The number of nitrogens with zero attached hydrogens (tertiary/aromatic N) is 3. The van der Waals surface area contributed by atoms with Crippen LogP contribution in [0.25, 0.3) is 11.1 Å². The van der Waals surface area contributed by atoms with Gasteiger partial charge in [0.2, 0.25) is 5.91 Å². The van der Waals surface area contributed by atoms with Gasteiger partial charge in [-0.1, -0.05) is 12.1 Å². The molecular formula is C18H20N4O3. The lowest BCUT2D eigenvalue weighted by atomic mass is 10.1. The van der Waals surface area contributed by atoms with Gasteiger partial charge in [0.1, 0.15) is 11.8 Å². The molecule has 7 heteroatoms. The van der Waals surface area contributed by atoms with E-state index in [1.165, 1.54) is 0 Å². The lowest BCUT2D eigenvalue weighted by Crippen LogP contribution is -2.41. The normalized spacial score (nSPS) is 17.2. The Kier molecular flexibility index (Phi) is 5.04. The van der Waals surface area contributed by atoms with E-state index in [1.807, 2.05) is 18.2 Å². The summed E-state index contributed by atoms with van der Waals surface area (Å²) in [6.45, 7) is 3.21. The van der Waals surface area contributed by atoms with Gasteiger partial charge in [-0.2, -0.15) is 0 Å². The molecule has 0 bridgehead atoms. The van der Waals surface area contributed by atoms with E-state index in [2.05, 4.69) is 15.3 Å². The molecule has 130 valence electrons. The number of ether oxygens (including phenoxy) is 1. The van der Waals surface area contributed by atoms with Crippen molar-refractivity contribution in [2.75, 3.05) is 26.7 Å². The number of pyridine rings is 2. The van der Waals surface area contributed by atoms with Gasteiger partial charge < -0.3 is 15.0 Å². The van der Waals surface area contributed by atoms with Crippen molar-refractivity contribution in [3.8, 4) is 11.1 Å². The highest BCUT2D eigenvalue weighted by molar-refractivity contribution is 5.92. The molecule has 1 unspecified atom stereocenters. The molecule has 1 aliphatic rings. The molecule has 0 saturated carbocycles. The van der Waals surface area contributed by atoms with Gasteiger partial charge in [0, 0.05) is 44.0 Å². The van der Waals surface area contributed by atoms with Crippen LogP contribution >= 0.6 is 0 Å². The minimum absolute atomic E-state index is 0.0483. The van der Waals surface area contributed by atoms with Gasteiger partial charge >= 0.3 is 0 Å². The molecule has 2 aromatic heterocycles. The number of hydrogen-bond donors (Lipinski definition) is 1. The Balaban J connectivity index is 1.74. The summed E-state index contributed by atoms with van der Waals surface area (Å²) in [7, 11) is 1.57.